The highest BCUT2D eigenvalue weighted by Crippen LogP contribution is 2.20. The third-order valence-corrected chi connectivity index (χ3v) is 2.94. The van der Waals surface area contributed by atoms with Gasteiger partial charge in [-0.1, -0.05) is 26.0 Å². The molecule has 0 aliphatic carbocycles. The van der Waals surface area contributed by atoms with Crippen LogP contribution in [0, 0.1) is 5.41 Å². The van der Waals surface area contributed by atoms with Gasteiger partial charge in [-0.05, 0) is 39.0 Å². The van der Waals surface area contributed by atoms with Crippen molar-refractivity contribution in [3.63, 3.8) is 0 Å². The number of aromatic nitrogens is 3. The number of carboxylic acid groups (broad SMARTS) is 1. The van der Waals surface area contributed by atoms with E-state index in [4.69, 9.17) is 0 Å². The van der Waals surface area contributed by atoms with Gasteiger partial charge in [-0.15, -0.1) is 5.10 Å². The number of aryl methyl sites for hydroxylation is 1. The molecule has 0 amide bonds. The van der Waals surface area contributed by atoms with Gasteiger partial charge in [0.05, 0.1) is 11.9 Å². The molecule has 1 atom stereocenters. The number of carboxylic acids is 1. The maximum atomic E-state index is 11.3. The first kappa shape index (κ1) is 17.6. The van der Waals surface area contributed by atoms with Crippen LogP contribution in [0.25, 0.3) is 0 Å². The molecule has 0 radical (unpaired) electrons. The van der Waals surface area contributed by atoms with Gasteiger partial charge in [-0.2, -0.15) is 0 Å². The molecule has 2 N–H and O–H groups in total. The van der Waals surface area contributed by atoms with E-state index in [9.17, 15) is 9.90 Å². The van der Waals surface area contributed by atoms with Gasteiger partial charge in [0, 0.05) is 12.1 Å². The lowest BCUT2D eigenvalue weighted by atomic mass is 9.91. The Hall–Kier alpha value is -1.43. The first-order valence-electron chi connectivity index (χ1n) is 7.36. The molecule has 120 valence electrons. The second kappa shape index (κ2) is 6.56. The summed E-state index contributed by atoms with van der Waals surface area (Å²) >= 11 is 0. The van der Waals surface area contributed by atoms with Crippen LogP contribution in [-0.2, 0) is 17.8 Å². The minimum Gasteiger partial charge on any atom is -0.480 e. The van der Waals surface area contributed by atoms with E-state index in [1.165, 1.54) is 0 Å². The molecular formula is C15H28N4O2. The summed E-state index contributed by atoms with van der Waals surface area (Å²) in [7, 11) is 0. The summed E-state index contributed by atoms with van der Waals surface area (Å²) in [6.07, 6.45) is 3.11. The molecule has 0 fully saturated rings. The molecule has 1 rings (SSSR count). The molecule has 1 aromatic rings. The van der Waals surface area contributed by atoms with E-state index >= 15 is 0 Å². The van der Waals surface area contributed by atoms with Crippen molar-refractivity contribution in [3.8, 4) is 0 Å². The number of nitrogens with one attached hydrogen (secondary N) is 1. The van der Waals surface area contributed by atoms with Crippen molar-refractivity contribution in [1.29, 1.82) is 0 Å². The number of hydrogen-bond acceptors (Lipinski definition) is 4. The third kappa shape index (κ3) is 6.71. The van der Waals surface area contributed by atoms with Gasteiger partial charge in [-0.3, -0.25) is 10.1 Å². The molecule has 6 nitrogen and oxygen atoms in total. The molecule has 0 saturated heterocycles. The Bertz CT molecular complexity index is 469. The van der Waals surface area contributed by atoms with Gasteiger partial charge in [-0.25, -0.2) is 4.68 Å². The maximum absolute atomic E-state index is 11.3. The number of nitrogens with zero attached hydrogens (tertiary/aromatic N) is 3. The van der Waals surface area contributed by atoms with Crippen LogP contribution in [0.1, 0.15) is 53.7 Å². The van der Waals surface area contributed by atoms with Crippen molar-refractivity contribution >= 4 is 5.97 Å². The molecular weight excluding hydrogens is 268 g/mol. The van der Waals surface area contributed by atoms with E-state index in [1.54, 1.807) is 6.20 Å². The molecule has 21 heavy (non-hydrogen) atoms. The van der Waals surface area contributed by atoms with Gasteiger partial charge >= 0.3 is 5.97 Å². The zero-order chi connectivity index (χ0) is 16.3. The Morgan fingerprint density at radius 2 is 1.95 bits per heavy atom. The molecule has 0 saturated carbocycles. The van der Waals surface area contributed by atoms with Gasteiger partial charge in [0.25, 0.3) is 0 Å². The summed E-state index contributed by atoms with van der Waals surface area (Å²) in [5, 5.41) is 20.5. The molecule has 1 aromatic heterocycles. The molecule has 0 aliphatic heterocycles. The first-order chi connectivity index (χ1) is 9.48. The predicted octanol–water partition coefficient (Wildman–Crippen LogP) is 2.10. The largest absolute Gasteiger partial charge is 0.480 e. The Kier molecular flexibility index (Phi) is 5.50. The lowest BCUT2D eigenvalue weighted by Crippen LogP contribution is -2.48. The lowest BCUT2D eigenvalue weighted by molar-refractivity contribution is -0.140. The highest BCUT2D eigenvalue weighted by atomic mass is 16.4. The number of hydrogen-bond donors (Lipinski definition) is 2. The molecule has 0 spiro atoms. The fourth-order valence-electron chi connectivity index (χ4n) is 2.18. The van der Waals surface area contributed by atoms with E-state index in [2.05, 4.69) is 36.4 Å². The molecule has 0 aromatic carbocycles. The SMILES string of the molecule is CC(C)(C)Cc1cnnn1CCC(NC(C)(C)C)C(=O)O. The van der Waals surface area contributed by atoms with Gasteiger partial charge in [0.1, 0.15) is 6.04 Å². The Morgan fingerprint density at radius 3 is 2.43 bits per heavy atom. The zero-order valence-electron chi connectivity index (χ0n) is 14.0. The summed E-state index contributed by atoms with van der Waals surface area (Å²) in [6, 6.07) is -0.586. The van der Waals surface area contributed by atoms with E-state index < -0.39 is 12.0 Å². The predicted molar refractivity (Wildman–Crippen MR) is 82.1 cm³/mol. The standard InChI is InChI=1S/C15H28N4O2/c1-14(2,3)9-11-10-16-18-19(11)8-7-12(13(20)21)17-15(4,5)6/h10,12,17H,7-9H2,1-6H3,(H,20,21). The maximum Gasteiger partial charge on any atom is 0.320 e. The topological polar surface area (TPSA) is 80.0 Å². The quantitative estimate of drug-likeness (QED) is 0.840. The summed E-state index contributed by atoms with van der Waals surface area (Å²) in [4.78, 5) is 11.3. The van der Waals surface area contributed by atoms with E-state index in [-0.39, 0.29) is 11.0 Å². The molecule has 1 unspecified atom stereocenters. The van der Waals surface area contributed by atoms with Crippen molar-refractivity contribution in [3.05, 3.63) is 11.9 Å². The van der Waals surface area contributed by atoms with E-state index in [0.717, 1.165) is 12.1 Å². The number of aliphatic carboxylic acids is 1. The molecule has 0 aliphatic rings. The minimum absolute atomic E-state index is 0.148. The van der Waals surface area contributed by atoms with Gasteiger partial charge in [0.15, 0.2) is 0 Å². The van der Waals surface area contributed by atoms with Crippen LogP contribution in [0.3, 0.4) is 0 Å². The summed E-state index contributed by atoms with van der Waals surface area (Å²) < 4.78 is 1.81. The van der Waals surface area contributed by atoms with Crippen molar-refractivity contribution in [1.82, 2.24) is 20.3 Å². The zero-order valence-corrected chi connectivity index (χ0v) is 14.0. The Labute approximate surface area is 126 Å². The highest BCUT2D eigenvalue weighted by Gasteiger charge is 2.24. The van der Waals surface area contributed by atoms with Crippen molar-refractivity contribution in [2.45, 2.75) is 72.5 Å². The van der Waals surface area contributed by atoms with E-state index in [0.29, 0.717) is 13.0 Å². The van der Waals surface area contributed by atoms with Crippen LogP contribution < -0.4 is 5.32 Å². The summed E-state index contributed by atoms with van der Waals surface area (Å²) in [5.74, 6) is -0.831. The van der Waals surface area contributed by atoms with Crippen LogP contribution in [-0.4, -0.2) is 37.7 Å². The second-order valence-corrected chi connectivity index (χ2v) is 7.76. The van der Waals surface area contributed by atoms with Crippen molar-refractivity contribution in [2.75, 3.05) is 0 Å². The smallest absolute Gasteiger partial charge is 0.320 e. The average Bonchev–Trinajstić information content (AvgIpc) is 2.67. The minimum atomic E-state index is -0.831. The van der Waals surface area contributed by atoms with Crippen LogP contribution in [0.15, 0.2) is 6.20 Å². The molecule has 6 heteroatoms. The normalized spacial score (nSPS) is 14.2. The average molecular weight is 296 g/mol. The molecule has 0 bridgehead atoms. The lowest BCUT2D eigenvalue weighted by Gasteiger charge is -2.26. The third-order valence-electron chi connectivity index (χ3n) is 2.94. The van der Waals surface area contributed by atoms with Gasteiger partial charge in [0.2, 0.25) is 0 Å². The number of rotatable bonds is 6. The first-order valence-corrected chi connectivity index (χ1v) is 7.36. The summed E-state index contributed by atoms with van der Waals surface area (Å²) in [6.45, 7) is 12.9. The highest BCUT2D eigenvalue weighted by molar-refractivity contribution is 5.73. The summed E-state index contributed by atoms with van der Waals surface area (Å²) in [5.41, 5.74) is 0.956. The molecule has 1 heterocycles. The number of carbonyl (C=O) groups is 1. The fraction of sp³-hybridized carbons (Fsp3) is 0.800. The van der Waals surface area contributed by atoms with Crippen LogP contribution >= 0.6 is 0 Å². The van der Waals surface area contributed by atoms with Crippen LogP contribution in [0.4, 0.5) is 0 Å². The van der Waals surface area contributed by atoms with Crippen LogP contribution in [0.5, 0.6) is 0 Å². The van der Waals surface area contributed by atoms with Crippen molar-refractivity contribution < 1.29 is 9.90 Å². The Morgan fingerprint density at radius 1 is 1.33 bits per heavy atom. The monoisotopic (exact) mass is 296 g/mol. The van der Waals surface area contributed by atoms with Crippen LogP contribution in [0.2, 0.25) is 0 Å². The van der Waals surface area contributed by atoms with E-state index in [1.807, 2.05) is 25.5 Å². The Balaban J connectivity index is 2.69. The second-order valence-electron chi connectivity index (χ2n) is 7.76. The fourth-order valence-corrected chi connectivity index (χ4v) is 2.18. The van der Waals surface area contributed by atoms with Gasteiger partial charge < -0.3 is 5.11 Å². The van der Waals surface area contributed by atoms with Crippen molar-refractivity contribution in [2.24, 2.45) is 5.41 Å².